The number of fused-ring (bicyclic) bond motifs is 10. The first-order valence-electron chi connectivity index (χ1n) is 22.1. The van der Waals surface area contributed by atoms with Crippen LogP contribution in [0.3, 0.4) is 0 Å². The summed E-state index contributed by atoms with van der Waals surface area (Å²) in [5.41, 5.74) is 10.7. The van der Waals surface area contributed by atoms with Crippen LogP contribution in [-0.2, 0) is 0 Å². The number of hydrogen-bond acceptors (Lipinski definition) is 0. The first-order valence-corrected chi connectivity index (χ1v) is 24.1. The van der Waals surface area contributed by atoms with Gasteiger partial charge in [0.15, 0.2) is 8.07 Å². The van der Waals surface area contributed by atoms with Crippen molar-refractivity contribution in [3.05, 3.63) is 249 Å². The van der Waals surface area contributed by atoms with Gasteiger partial charge in [-0.25, -0.2) is 0 Å². The first-order chi connectivity index (χ1) is 31.8. The summed E-state index contributed by atoms with van der Waals surface area (Å²) >= 11 is 0. The Hall–Kier alpha value is -8.18. The molecule has 0 saturated heterocycles. The fourth-order valence-corrected chi connectivity index (χ4v) is 16.1. The smallest absolute Gasteiger partial charge is 0.180 e. The fourth-order valence-electron chi connectivity index (χ4n) is 11.0. The van der Waals surface area contributed by atoms with Crippen LogP contribution < -0.4 is 20.7 Å². The van der Waals surface area contributed by atoms with E-state index in [0.29, 0.717) is 0 Å². The Labute approximate surface area is 372 Å². The van der Waals surface area contributed by atoms with Crippen molar-refractivity contribution in [3.63, 3.8) is 0 Å². The predicted octanol–water partition coefficient (Wildman–Crippen LogP) is 12.4. The summed E-state index contributed by atoms with van der Waals surface area (Å²) in [6.07, 6.45) is 0. The van der Waals surface area contributed by atoms with Crippen LogP contribution in [0.5, 0.6) is 0 Å². The Morgan fingerprint density at radius 2 is 0.672 bits per heavy atom. The van der Waals surface area contributed by atoms with Gasteiger partial charge in [-0.3, -0.25) is 0 Å². The van der Waals surface area contributed by atoms with Crippen molar-refractivity contribution in [3.8, 4) is 17.1 Å². The zero-order valence-electron chi connectivity index (χ0n) is 35.0. The molecule has 0 aliphatic carbocycles. The van der Waals surface area contributed by atoms with Gasteiger partial charge in [0.25, 0.3) is 0 Å². The van der Waals surface area contributed by atoms with E-state index in [1.165, 1.54) is 86.2 Å². The van der Waals surface area contributed by atoms with Crippen LogP contribution in [-0.4, -0.2) is 21.8 Å². The molecule has 0 saturated carbocycles. The highest BCUT2D eigenvalue weighted by Crippen LogP contribution is 2.42. The molecular formula is C60H41N3Si. The molecule has 0 atom stereocenters. The lowest BCUT2D eigenvalue weighted by Gasteiger charge is -2.35. The van der Waals surface area contributed by atoms with Crippen LogP contribution in [0.25, 0.3) is 82.5 Å². The molecule has 13 rings (SSSR count). The van der Waals surface area contributed by atoms with Crippen LogP contribution in [0.4, 0.5) is 0 Å². The van der Waals surface area contributed by atoms with E-state index in [1.807, 2.05) is 0 Å². The molecule has 13 aromatic rings. The van der Waals surface area contributed by atoms with E-state index in [-0.39, 0.29) is 0 Å². The van der Waals surface area contributed by atoms with Crippen molar-refractivity contribution < 1.29 is 0 Å². The van der Waals surface area contributed by atoms with E-state index >= 15 is 0 Å². The van der Waals surface area contributed by atoms with Gasteiger partial charge in [-0.2, -0.15) is 0 Å². The molecule has 0 radical (unpaired) electrons. The van der Waals surface area contributed by atoms with E-state index in [1.54, 1.807) is 0 Å². The second-order valence-electron chi connectivity index (χ2n) is 16.8. The Kier molecular flexibility index (Phi) is 8.23. The van der Waals surface area contributed by atoms with E-state index in [0.717, 1.165) is 17.1 Å². The summed E-state index contributed by atoms with van der Waals surface area (Å²) in [7, 11) is -3.12. The molecule has 3 heterocycles. The van der Waals surface area contributed by atoms with E-state index in [2.05, 4.69) is 262 Å². The average Bonchev–Trinajstić information content (AvgIpc) is 4.02. The third kappa shape index (κ3) is 5.21. The predicted molar refractivity (Wildman–Crippen MR) is 273 cm³/mol. The molecule has 0 aliphatic rings. The summed E-state index contributed by atoms with van der Waals surface area (Å²) in [5.74, 6) is 0. The van der Waals surface area contributed by atoms with Gasteiger partial charge >= 0.3 is 0 Å². The average molecular weight is 832 g/mol. The highest BCUT2D eigenvalue weighted by molar-refractivity contribution is 7.20. The van der Waals surface area contributed by atoms with Gasteiger partial charge in [-0.15, -0.1) is 0 Å². The largest absolute Gasteiger partial charge is 0.309 e. The van der Waals surface area contributed by atoms with E-state index < -0.39 is 8.07 Å². The van der Waals surface area contributed by atoms with Crippen molar-refractivity contribution in [2.24, 2.45) is 0 Å². The van der Waals surface area contributed by atoms with Gasteiger partial charge in [0.2, 0.25) is 0 Å². The molecule has 0 fully saturated rings. The second-order valence-corrected chi connectivity index (χ2v) is 20.6. The van der Waals surface area contributed by atoms with Gasteiger partial charge in [-0.05, 0) is 87.5 Å². The molecule has 300 valence electrons. The number of hydrogen-bond donors (Lipinski definition) is 0. The Bertz CT molecular complexity index is 3840. The van der Waals surface area contributed by atoms with Crippen molar-refractivity contribution in [2.75, 3.05) is 0 Å². The standard InChI is InChI=1S/C60H41N3Si/c1-5-21-42(22-6-1)61-53-35-17-14-32-50(53)58-55(61)37-20-38-57(58)64(45-26-9-3-10-27-45,46-28-11-4-12-29-46)47-30-19-25-44(41-47)63-52-34-16-13-31-48(52)49-39-40-56-59(60(49)63)51-33-15-18-36-54(51)62(56)43-23-7-2-8-24-43/h1-41H. The van der Waals surface area contributed by atoms with Gasteiger partial charge in [-0.1, -0.05) is 182 Å². The third-order valence-corrected chi connectivity index (χ3v) is 18.4. The lowest BCUT2D eigenvalue weighted by atomic mass is 10.1. The number of benzene rings is 10. The molecular weight excluding hydrogens is 791 g/mol. The van der Waals surface area contributed by atoms with Gasteiger partial charge in [0.05, 0.1) is 33.1 Å². The Morgan fingerprint density at radius 3 is 1.27 bits per heavy atom. The van der Waals surface area contributed by atoms with Crippen molar-refractivity contribution in [1.82, 2.24) is 13.7 Å². The highest BCUT2D eigenvalue weighted by Gasteiger charge is 2.43. The van der Waals surface area contributed by atoms with Crippen molar-refractivity contribution >= 4 is 94.2 Å². The van der Waals surface area contributed by atoms with Crippen molar-refractivity contribution in [1.29, 1.82) is 0 Å². The highest BCUT2D eigenvalue weighted by atomic mass is 28.3. The maximum absolute atomic E-state index is 3.12. The van der Waals surface area contributed by atoms with Crippen molar-refractivity contribution in [2.45, 2.75) is 0 Å². The molecule has 0 bridgehead atoms. The monoisotopic (exact) mass is 831 g/mol. The summed E-state index contributed by atoms with van der Waals surface area (Å²) < 4.78 is 7.43. The van der Waals surface area contributed by atoms with E-state index in [9.17, 15) is 0 Å². The fraction of sp³-hybridized carbons (Fsp3) is 0. The quantitative estimate of drug-likeness (QED) is 0.112. The molecule has 0 spiro atoms. The molecule has 3 aromatic heterocycles. The maximum Gasteiger partial charge on any atom is 0.180 e. The maximum atomic E-state index is 2.55. The summed E-state index contributed by atoms with van der Waals surface area (Å²) in [6.45, 7) is 0. The first kappa shape index (κ1) is 36.5. The van der Waals surface area contributed by atoms with Crippen LogP contribution >= 0.6 is 0 Å². The molecule has 0 N–H and O–H groups in total. The zero-order valence-corrected chi connectivity index (χ0v) is 36.0. The normalized spacial score (nSPS) is 12.1. The van der Waals surface area contributed by atoms with E-state index in [4.69, 9.17) is 0 Å². The molecule has 3 nitrogen and oxygen atoms in total. The van der Waals surface area contributed by atoms with Crippen LogP contribution in [0, 0.1) is 0 Å². The summed E-state index contributed by atoms with van der Waals surface area (Å²) in [4.78, 5) is 0. The van der Waals surface area contributed by atoms with Crippen LogP contribution in [0.1, 0.15) is 0 Å². The minimum Gasteiger partial charge on any atom is -0.309 e. The van der Waals surface area contributed by atoms with Crippen LogP contribution in [0.15, 0.2) is 249 Å². The Morgan fingerprint density at radius 1 is 0.250 bits per heavy atom. The lowest BCUT2D eigenvalue weighted by molar-refractivity contribution is 1.17. The van der Waals surface area contributed by atoms with Gasteiger partial charge < -0.3 is 13.7 Å². The molecule has 0 unspecified atom stereocenters. The molecule has 0 aliphatic heterocycles. The number of nitrogens with zero attached hydrogens (tertiary/aromatic N) is 3. The SMILES string of the molecule is c1ccc(-n2c3ccccc3c3c([Si](c4ccccc4)(c4ccccc4)c4cccc(-n5c6ccccc6c6ccc7c(c8ccccc8n7-c7ccccc7)c65)c4)cccc32)cc1. The molecule has 64 heavy (non-hydrogen) atoms. The number of aromatic nitrogens is 3. The zero-order chi connectivity index (χ0) is 42.2. The lowest BCUT2D eigenvalue weighted by Crippen LogP contribution is -2.74. The molecule has 10 aromatic carbocycles. The topological polar surface area (TPSA) is 14.8 Å². The number of para-hydroxylation sites is 5. The van der Waals surface area contributed by atoms with Crippen LogP contribution in [0.2, 0.25) is 0 Å². The molecule has 4 heteroatoms. The number of rotatable bonds is 7. The third-order valence-electron chi connectivity index (χ3n) is 13.6. The second kappa shape index (κ2) is 14.5. The minimum atomic E-state index is -3.12. The minimum absolute atomic E-state index is 1.15. The van der Waals surface area contributed by atoms with Gasteiger partial charge in [0, 0.05) is 49.4 Å². The molecule has 0 amide bonds. The van der Waals surface area contributed by atoms with Gasteiger partial charge in [0.1, 0.15) is 0 Å². The summed E-state index contributed by atoms with van der Waals surface area (Å²) in [5, 5.41) is 13.0. The summed E-state index contributed by atoms with van der Waals surface area (Å²) in [6, 6.07) is 92.4. The Balaban J connectivity index is 1.17.